The minimum atomic E-state index is -0.193. The first kappa shape index (κ1) is 21.1. The highest BCUT2D eigenvalue weighted by molar-refractivity contribution is 5.92. The van der Waals surface area contributed by atoms with Crippen LogP contribution in [0, 0.1) is 6.92 Å². The van der Waals surface area contributed by atoms with Gasteiger partial charge in [0.05, 0.1) is 13.2 Å². The molecule has 33 heavy (non-hydrogen) atoms. The van der Waals surface area contributed by atoms with Crippen molar-refractivity contribution in [2.45, 2.75) is 32.7 Å². The fraction of sp³-hybridized carbons (Fsp3) is 0.250. The second-order valence-corrected chi connectivity index (χ2v) is 8.63. The molecular weight excluding hydrogens is 410 g/mol. The van der Waals surface area contributed by atoms with Gasteiger partial charge in [0.2, 0.25) is 0 Å². The molecular formula is C28H29N3O2. The van der Waals surface area contributed by atoms with Gasteiger partial charge in [-0.3, -0.25) is 0 Å². The van der Waals surface area contributed by atoms with E-state index >= 15 is 0 Å². The zero-order valence-electron chi connectivity index (χ0n) is 19.3. The van der Waals surface area contributed by atoms with E-state index in [0.29, 0.717) is 6.54 Å². The molecule has 0 unspecified atom stereocenters. The van der Waals surface area contributed by atoms with E-state index in [1.54, 1.807) is 7.11 Å². The summed E-state index contributed by atoms with van der Waals surface area (Å²) in [6.45, 7) is 4.82. The maximum atomic E-state index is 13.6. The predicted octanol–water partition coefficient (Wildman–Crippen LogP) is 6.23. The van der Waals surface area contributed by atoms with E-state index in [9.17, 15) is 4.79 Å². The molecule has 2 N–H and O–H groups in total. The standard InChI is InChI=1S/C28H29N3O2/c1-4-19-7-5-6-8-24(19)30-28(32)31-16-15-22-23-17-21(33-3)13-14-25(23)29-26(22)27(31)20-11-9-18(2)10-12-20/h5-14,17,27,29H,4,15-16H2,1-3H3,(H,30,32)/t27-/m0/s1. The van der Waals surface area contributed by atoms with Crippen LogP contribution >= 0.6 is 0 Å². The second-order valence-electron chi connectivity index (χ2n) is 8.63. The van der Waals surface area contributed by atoms with E-state index in [0.717, 1.165) is 52.0 Å². The third-order valence-electron chi connectivity index (χ3n) is 6.63. The average molecular weight is 440 g/mol. The van der Waals surface area contributed by atoms with Crippen molar-refractivity contribution in [3.05, 3.63) is 94.7 Å². The normalized spacial score (nSPS) is 15.4. The maximum absolute atomic E-state index is 13.6. The predicted molar refractivity (Wildman–Crippen MR) is 133 cm³/mol. The van der Waals surface area contributed by atoms with Crippen molar-refractivity contribution >= 4 is 22.6 Å². The fourth-order valence-corrected chi connectivity index (χ4v) is 4.85. The number of H-pyrrole nitrogens is 1. The van der Waals surface area contributed by atoms with Gasteiger partial charge in [-0.2, -0.15) is 0 Å². The largest absolute Gasteiger partial charge is 0.497 e. The number of methoxy groups -OCH3 is 1. The quantitative estimate of drug-likeness (QED) is 0.396. The number of para-hydroxylation sites is 1. The Kier molecular flexibility index (Phi) is 5.55. The molecule has 1 atom stereocenters. The van der Waals surface area contributed by atoms with Gasteiger partial charge in [0.1, 0.15) is 5.75 Å². The number of aryl methyl sites for hydroxylation is 2. The monoisotopic (exact) mass is 439 g/mol. The molecule has 2 amide bonds. The van der Waals surface area contributed by atoms with Crippen LogP contribution in [-0.2, 0) is 12.8 Å². The number of fused-ring (bicyclic) bond motifs is 3. The molecule has 0 saturated heterocycles. The minimum absolute atomic E-state index is 0.0802. The SMILES string of the molecule is CCc1ccccc1NC(=O)N1CCc2c([nH]c3ccc(OC)cc23)[C@@H]1c1ccc(C)cc1. The van der Waals surface area contributed by atoms with Crippen molar-refractivity contribution in [1.82, 2.24) is 9.88 Å². The van der Waals surface area contributed by atoms with Crippen LogP contribution in [0.3, 0.4) is 0 Å². The first-order chi connectivity index (χ1) is 16.1. The van der Waals surface area contributed by atoms with Crippen LogP contribution in [0.1, 0.15) is 40.9 Å². The molecule has 3 aromatic carbocycles. The molecule has 0 aliphatic carbocycles. The molecule has 4 aromatic rings. The molecule has 0 spiro atoms. The third-order valence-corrected chi connectivity index (χ3v) is 6.63. The maximum Gasteiger partial charge on any atom is 0.322 e. The highest BCUT2D eigenvalue weighted by Gasteiger charge is 2.34. The number of amides is 2. The lowest BCUT2D eigenvalue weighted by Gasteiger charge is -2.36. The highest BCUT2D eigenvalue weighted by atomic mass is 16.5. The summed E-state index contributed by atoms with van der Waals surface area (Å²) in [5, 5.41) is 4.34. The molecule has 1 aromatic heterocycles. The Morgan fingerprint density at radius 1 is 1.12 bits per heavy atom. The number of ether oxygens (including phenoxy) is 1. The number of aromatic amines is 1. The Hall–Kier alpha value is -3.73. The van der Waals surface area contributed by atoms with Crippen molar-refractivity contribution < 1.29 is 9.53 Å². The summed E-state index contributed by atoms with van der Waals surface area (Å²) >= 11 is 0. The topological polar surface area (TPSA) is 57.4 Å². The van der Waals surface area contributed by atoms with Crippen LogP contribution in [-0.4, -0.2) is 29.6 Å². The molecule has 1 aliphatic rings. The van der Waals surface area contributed by atoms with Crippen LogP contribution in [0.2, 0.25) is 0 Å². The number of nitrogens with zero attached hydrogens (tertiary/aromatic N) is 1. The number of rotatable bonds is 4. The van der Waals surface area contributed by atoms with Gasteiger partial charge >= 0.3 is 6.03 Å². The molecule has 5 heteroatoms. The zero-order valence-corrected chi connectivity index (χ0v) is 19.3. The van der Waals surface area contributed by atoms with Gasteiger partial charge in [-0.05, 0) is 60.7 Å². The lowest BCUT2D eigenvalue weighted by atomic mass is 9.92. The van der Waals surface area contributed by atoms with Crippen LogP contribution in [0.5, 0.6) is 5.75 Å². The Balaban J connectivity index is 1.58. The number of anilines is 1. The van der Waals surface area contributed by atoms with Gasteiger partial charge in [0, 0.05) is 28.8 Å². The van der Waals surface area contributed by atoms with Crippen molar-refractivity contribution in [2.75, 3.05) is 19.0 Å². The molecule has 0 saturated carbocycles. The minimum Gasteiger partial charge on any atom is -0.497 e. The van der Waals surface area contributed by atoms with E-state index in [1.165, 1.54) is 11.1 Å². The van der Waals surface area contributed by atoms with E-state index in [-0.39, 0.29) is 12.1 Å². The average Bonchev–Trinajstić information content (AvgIpc) is 3.22. The summed E-state index contributed by atoms with van der Waals surface area (Å²) in [6, 6.07) is 22.3. The Morgan fingerprint density at radius 2 is 1.91 bits per heavy atom. The van der Waals surface area contributed by atoms with Gasteiger partial charge in [0.15, 0.2) is 0 Å². The summed E-state index contributed by atoms with van der Waals surface area (Å²) in [6.07, 6.45) is 1.65. The van der Waals surface area contributed by atoms with E-state index in [1.807, 2.05) is 29.2 Å². The summed E-state index contributed by atoms with van der Waals surface area (Å²) in [5.74, 6) is 0.840. The fourth-order valence-electron chi connectivity index (χ4n) is 4.85. The number of urea groups is 1. The lowest BCUT2D eigenvalue weighted by Crippen LogP contribution is -2.43. The van der Waals surface area contributed by atoms with Gasteiger partial charge in [-0.25, -0.2) is 4.79 Å². The van der Waals surface area contributed by atoms with Crippen molar-refractivity contribution in [1.29, 1.82) is 0 Å². The summed E-state index contributed by atoms with van der Waals surface area (Å²) in [4.78, 5) is 19.2. The van der Waals surface area contributed by atoms with Crippen LogP contribution in [0.4, 0.5) is 10.5 Å². The molecule has 5 rings (SSSR count). The van der Waals surface area contributed by atoms with Gasteiger partial charge in [0.25, 0.3) is 0 Å². The smallest absolute Gasteiger partial charge is 0.322 e. The van der Waals surface area contributed by atoms with Crippen LogP contribution in [0.15, 0.2) is 66.7 Å². The summed E-state index contributed by atoms with van der Waals surface area (Å²) in [7, 11) is 1.69. The molecule has 0 fully saturated rings. The summed E-state index contributed by atoms with van der Waals surface area (Å²) in [5.41, 5.74) is 7.70. The number of nitrogens with one attached hydrogen (secondary N) is 2. The first-order valence-corrected chi connectivity index (χ1v) is 11.5. The van der Waals surface area contributed by atoms with Gasteiger partial charge < -0.3 is 19.9 Å². The van der Waals surface area contributed by atoms with Gasteiger partial charge in [-0.15, -0.1) is 0 Å². The summed E-state index contributed by atoms with van der Waals surface area (Å²) < 4.78 is 5.47. The lowest BCUT2D eigenvalue weighted by molar-refractivity contribution is 0.193. The van der Waals surface area contributed by atoms with E-state index < -0.39 is 0 Å². The molecule has 1 aliphatic heterocycles. The number of carbonyl (C=O) groups excluding carboxylic acids is 1. The van der Waals surface area contributed by atoms with Gasteiger partial charge in [-0.1, -0.05) is 55.0 Å². The highest BCUT2D eigenvalue weighted by Crippen LogP contribution is 2.39. The Morgan fingerprint density at radius 3 is 2.67 bits per heavy atom. The molecule has 2 heterocycles. The zero-order chi connectivity index (χ0) is 22.9. The molecule has 168 valence electrons. The van der Waals surface area contributed by atoms with E-state index in [4.69, 9.17) is 4.74 Å². The Labute approximate surface area is 194 Å². The number of hydrogen-bond acceptors (Lipinski definition) is 2. The van der Waals surface area contributed by atoms with E-state index in [2.05, 4.69) is 66.6 Å². The number of benzene rings is 3. The van der Waals surface area contributed by atoms with Crippen molar-refractivity contribution in [2.24, 2.45) is 0 Å². The third kappa shape index (κ3) is 3.84. The number of aromatic nitrogens is 1. The molecule has 5 nitrogen and oxygen atoms in total. The van der Waals surface area contributed by atoms with Crippen molar-refractivity contribution in [3.63, 3.8) is 0 Å². The van der Waals surface area contributed by atoms with Crippen LogP contribution < -0.4 is 10.1 Å². The van der Waals surface area contributed by atoms with Crippen molar-refractivity contribution in [3.8, 4) is 5.75 Å². The molecule has 0 radical (unpaired) electrons. The second kappa shape index (κ2) is 8.66. The number of hydrogen-bond donors (Lipinski definition) is 2. The van der Waals surface area contributed by atoms with Crippen LogP contribution in [0.25, 0.3) is 10.9 Å². The first-order valence-electron chi connectivity index (χ1n) is 11.5. The Bertz CT molecular complexity index is 1310. The molecule has 0 bridgehead atoms. The number of carbonyl (C=O) groups is 1.